The van der Waals surface area contributed by atoms with Gasteiger partial charge < -0.3 is 14.8 Å². The number of amides is 1. The van der Waals surface area contributed by atoms with Crippen molar-refractivity contribution >= 4 is 35.4 Å². The molecule has 0 spiro atoms. The van der Waals surface area contributed by atoms with Gasteiger partial charge in [0.1, 0.15) is 17.0 Å². The van der Waals surface area contributed by atoms with E-state index in [0.717, 1.165) is 37.0 Å². The number of hydrogen-bond acceptors (Lipinski definition) is 6. The summed E-state index contributed by atoms with van der Waals surface area (Å²) in [6.45, 7) is 0.802. The Morgan fingerprint density at radius 2 is 1.94 bits per heavy atom. The van der Waals surface area contributed by atoms with E-state index >= 15 is 0 Å². The number of carbonyl (C=O) groups excluding carboxylic acids is 2. The summed E-state index contributed by atoms with van der Waals surface area (Å²) in [6, 6.07) is 5.87. The zero-order chi connectivity index (χ0) is 24.7. The number of rotatable bonds is 8. The minimum absolute atomic E-state index is 0.000635. The van der Waals surface area contributed by atoms with Crippen LogP contribution in [0.15, 0.2) is 29.1 Å². The van der Waals surface area contributed by atoms with Crippen LogP contribution in [0.3, 0.4) is 0 Å². The van der Waals surface area contributed by atoms with Crippen molar-refractivity contribution in [2.45, 2.75) is 58.7 Å². The molecule has 1 N–H and O–H groups in total. The van der Waals surface area contributed by atoms with Crippen LogP contribution in [-0.4, -0.2) is 35.7 Å². The van der Waals surface area contributed by atoms with Crippen LogP contribution in [-0.2, 0) is 20.9 Å². The summed E-state index contributed by atoms with van der Waals surface area (Å²) in [4.78, 5) is 37.9. The minimum Gasteiger partial charge on any atom is -0.463 e. The number of alkyl halides is 2. The smallest absolute Gasteiger partial charge is 0.387 e. The van der Waals surface area contributed by atoms with Gasteiger partial charge in [0.05, 0.1) is 17.2 Å². The molecule has 0 radical (unpaired) electrons. The normalized spacial score (nSPS) is 19.3. The Hall–Kier alpha value is -3.01. The molecule has 10 heteroatoms. The van der Waals surface area contributed by atoms with Gasteiger partial charge in [0.2, 0.25) is 5.91 Å². The first-order chi connectivity index (χ1) is 16.3. The third-order valence-electron chi connectivity index (χ3n) is 5.63. The molecule has 1 aromatic carbocycles. The van der Waals surface area contributed by atoms with E-state index in [1.54, 1.807) is 13.0 Å². The highest BCUT2D eigenvalue weighted by Gasteiger charge is 2.23. The zero-order valence-corrected chi connectivity index (χ0v) is 19.9. The molecule has 184 valence electrons. The largest absolute Gasteiger partial charge is 0.463 e. The maximum absolute atomic E-state index is 13.1. The quantitative estimate of drug-likeness (QED) is 0.570. The topological polar surface area (TPSA) is 86.6 Å². The van der Waals surface area contributed by atoms with E-state index in [0.29, 0.717) is 16.1 Å². The number of nitrogens with zero attached hydrogens (tertiary/aromatic N) is 1. The Morgan fingerprint density at radius 1 is 1.24 bits per heavy atom. The second kappa shape index (κ2) is 11.9. The predicted molar refractivity (Wildman–Crippen MR) is 125 cm³/mol. The van der Waals surface area contributed by atoms with Crippen molar-refractivity contribution < 1.29 is 27.8 Å². The molecule has 1 fully saturated rings. The van der Waals surface area contributed by atoms with Crippen molar-refractivity contribution in [1.29, 1.82) is 0 Å². The highest BCUT2D eigenvalue weighted by Crippen LogP contribution is 2.23. The molecule has 7 nitrogen and oxygen atoms in total. The first-order valence-electron chi connectivity index (χ1n) is 11.2. The Kier molecular flexibility index (Phi) is 8.98. The molecule has 2 atom stereocenters. The lowest BCUT2D eigenvalue weighted by molar-refractivity contribution is -0.135. The predicted octanol–water partition coefficient (Wildman–Crippen LogP) is 2.38. The van der Waals surface area contributed by atoms with E-state index < -0.39 is 18.1 Å². The van der Waals surface area contributed by atoms with Gasteiger partial charge in [0.25, 0.3) is 5.56 Å². The first kappa shape index (κ1) is 25.6. The Bertz CT molecular complexity index is 1170. The molecule has 1 amide bonds. The van der Waals surface area contributed by atoms with Crippen molar-refractivity contribution in [3.05, 3.63) is 49.4 Å². The molecule has 0 aliphatic heterocycles. The summed E-state index contributed by atoms with van der Waals surface area (Å²) in [5.41, 5.74) is 0.149. The second-order valence-corrected chi connectivity index (χ2v) is 9.18. The Morgan fingerprint density at radius 3 is 2.59 bits per heavy atom. The monoisotopic (exact) mass is 494 g/mol. The van der Waals surface area contributed by atoms with Gasteiger partial charge in [-0.2, -0.15) is 8.78 Å². The Labute approximate surface area is 199 Å². The van der Waals surface area contributed by atoms with Gasteiger partial charge in [-0.3, -0.25) is 14.2 Å². The number of ether oxygens (including phenoxy) is 2. The summed E-state index contributed by atoms with van der Waals surface area (Å²) >= 11 is 1.05. The van der Waals surface area contributed by atoms with Crippen LogP contribution in [0.2, 0.25) is 0 Å². The van der Waals surface area contributed by atoms with Crippen molar-refractivity contribution in [3.8, 4) is 5.75 Å². The molecule has 0 bridgehead atoms. The van der Waals surface area contributed by atoms with Gasteiger partial charge in [0.15, 0.2) is 0 Å². The first-order valence-corrected chi connectivity index (χ1v) is 12.0. The maximum atomic E-state index is 13.1. The van der Waals surface area contributed by atoms with Gasteiger partial charge >= 0.3 is 12.6 Å². The number of esters is 1. The van der Waals surface area contributed by atoms with E-state index in [4.69, 9.17) is 4.74 Å². The average molecular weight is 495 g/mol. The molecule has 0 unspecified atom stereocenters. The molecule has 3 rings (SSSR count). The van der Waals surface area contributed by atoms with Crippen molar-refractivity contribution in [3.63, 3.8) is 0 Å². The van der Waals surface area contributed by atoms with Gasteiger partial charge in [-0.1, -0.05) is 31.9 Å². The van der Waals surface area contributed by atoms with Crippen LogP contribution >= 0.6 is 11.3 Å². The second-order valence-electron chi connectivity index (χ2n) is 8.12. The van der Waals surface area contributed by atoms with Crippen molar-refractivity contribution in [2.75, 3.05) is 6.61 Å². The summed E-state index contributed by atoms with van der Waals surface area (Å²) in [6.07, 6.45) is 6.91. The molecule has 34 heavy (non-hydrogen) atoms. The number of hydrogen-bond donors (Lipinski definition) is 1. The number of halogens is 2. The van der Waals surface area contributed by atoms with Crippen LogP contribution in [0.5, 0.6) is 5.75 Å². The SMILES string of the molecule is CCOC(=O)/C=c1\s/c(=C/c2ccc(OC(F)F)cc2)c(=O)n1CC(=O)N[C@H]1CCCC[C@H]1C. The van der Waals surface area contributed by atoms with Gasteiger partial charge in [-0.05, 0) is 49.5 Å². The van der Waals surface area contributed by atoms with Crippen LogP contribution in [0.25, 0.3) is 12.2 Å². The van der Waals surface area contributed by atoms with E-state index in [-0.39, 0.29) is 35.4 Å². The lowest BCUT2D eigenvalue weighted by Crippen LogP contribution is -2.45. The number of nitrogens with one attached hydrogen (secondary N) is 1. The van der Waals surface area contributed by atoms with Crippen molar-refractivity contribution in [2.24, 2.45) is 5.92 Å². The summed E-state index contributed by atoms with van der Waals surface area (Å²) in [7, 11) is 0. The Balaban J connectivity index is 1.91. The van der Waals surface area contributed by atoms with E-state index in [1.165, 1.54) is 34.9 Å². The molecule has 1 aromatic heterocycles. The zero-order valence-electron chi connectivity index (χ0n) is 19.1. The number of aromatic nitrogens is 1. The lowest BCUT2D eigenvalue weighted by Gasteiger charge is -2.29. The van der Waals surface area contributed by atoms with Crippen LogP contribution < -0.4 is 24.8 Å². The fourth-order valence-corrected chi connectivity index (χ4v) is 4.93. The average Bonchev–Trinajstić information content (AvgIpc) is 3.05. The highest BCUT2D eigenvalue weighted by molar-refractivity contribution is 7.07. The van der Waals surface area contributed by atoms with Crippen molar-refractivity contribution in [1.82, 2.24) is 9.88 Å². The van der Waals surface area contributed by atoms with E-state index in [9.17, 15) is 23.2 Å². The molecule has 0 saturated heterocycles. The van der Waals surface area contributed by atoms with Crippen LogP contribution in [0, 0.1) is 5.92 Å². The van der Waals surface area contributed by atoms with Gasteiger partial charge in [-0.25, -0.2) is 4.79 Å². The molecule has 1 aliphatic rings. The molecule has 1 heterocycles. The minimum atomic E-state index is -2.93. The molecular weight excluding hydrogens is 466 g/mol. The summed E-state index contributed by atoms with van der Waals surface area (Å²) < 4.78 is 35.8. The maximum Gasteiger partial charge on any atom is 0.387 e. The fourth-order valence-electron chi connectivity index (χ4n) is 3.90. The number of thiazole rings is 1. The molecular formula is C24H28F2N2O5S. The fraction of sp³-hybridized carbons (Fsp3) is 0.458. The molecule has 1 saturated carbocycles. The van der Waals surface area contributed by atoms with Crippen LogP contribution in [0.4, 0.5) is 8.78 Å². The highest BCUT2D eigenvalue weighted by atomic mass is 32.1. The third kappa shape index (κ3) is 6.99. The van der Waals surface area contributed by atoms with Crippen LogP contribution in [0.1, 0.15) is 45.1 Å². The summed E-state index contributed by atoms with van der Waals surface area (Å²) in [5, 5.41) is 3.02. The third-order valence-corrected chi connectivity index (χ3v) is 6.69. The number of carbonyl (C=O) groups is 2. The molecule has 2 aromatic rings. The molecule has 1 aliphatic carbocycles. The number of benzene rings is 1. The van der Waals surface area contributed by atoms with Gasteiger partial charge in [0, 0.05) is 6.04 Å². The summed E-state index contributed by atoms with van der Waals surface area (Å²) in [5.74, 6) is -0.542. The van der Waals surface area contributed by atoms with E-state index in [1.807, 2.05) is 0 Å². The lowest BCUT2D eigenvalue weighted by atomic mass is 9.86. The van der Waals surface area contributed by atoms with Gasteiger partial charge in [-0.15, -0.1) is 11.3 Å². The van der Waals surface area contributed by atoms with E-state index in [2.05, 4.69) is 17.0 Å². The standard InChI is InChI=1S/C24H28F2N2O5S/c1-3-32-22(30)13-21-28(14-20(29)27-18-7-5-4-6-15(18)2)23(31)19(34-21)12-16-8-10-17(11-9-16)33-24(25)26/h8-13,15,18,24H,3-7,14H2,1-2H3,(H,27,29)/b19-12+,21-13-/t15-,18+/m1/s1.